The van der Waals surface area contributed by atoms with Gasteiger partial charge in [0.05, 0.1) is 0 Å². The molecule has 13 heavy (non-hydrogen) atoms. The van der Waals surface area contributed by atoms with Gasteiger partial charge in [-0.3, -0.25) is 0 Å². The van der Waals surface area contributed by atoms with E-state index in [1.807, 2.05) is 0 Å². The summed E-state index contributed by atoms with van der Waals surface area (Å²) >= 11 is 0. The second kappa shape index (κ2) is 6.33. The molecule has 0 radical (unpaired) electrons. The van der Waals surface area contributed by atoms with Gasteiger partial charge in [0, 0.05) is 20.3 Å². The maximum Gasteiger partial charge on any atom is 0.113 e. The van der Waals surface area contributed by atoms with E-state index in [1.165, 1.54) is 12.8 Å². The van der Waals surface area contributed by atoms with Crippen LogP contribution in [0.5, 0.6) is 0 Å². The Morgan fingerprint density at radius 3 is 2.69 bits per heavy atom. The minimum absolute atomic E-state index is 0.629. The van der Waals surface area contributed by atoms with Gasteiger partial charge in [0.25, 0.3) is 0 Å². The maximum absolute atomic E-state index is 13.3. The molecule has 1 atom stereocenters. The highest BCUT2D eigenvalue weighted by Crippen LogP contribution is 2.11. The third-order valence-electron chi connectivity index (χ3n) is 2.52. The van der Waals surface area contributed by atoms with Crippen molar-refractivity contribution in [3.05, 3.63) is 0 Å². The van der Waals surface area contributed by atoms with E-state index in [2.05, 4.69) is 4.90 Å². The molecule has 0 aromatic rings. The number of halogens is 1. The smallest absolute Gasteiger partial charge is 0.113 e. The molecule has 1 aliphatic rings. The summed E-state index contributed by atoms with van der Waals surface area (Å²) in [6, 6.07) is 0. The van der Waals surface area contributed by atoms with Gasteiger partial charge in [-0.05, 0) is 38.8 Å². The molecule has 2 nitrogen and oxygen atoms in total. The highest BCUT2D eigenvalue weighted by Gasteiger charge is 2.16. The molecule has 0 aromatic heterocycles. The van der Waals surface area contributed by atoms with Crippen molar-refractivity contribution >= 4 is 0 Å². The molecular formula is C10H20FNO. The Labute approximate surface area is 80.1 Å². The van der Waals surface area contributed by atoms with E-state index in [9.17, 15) is 4.39 Å². The lowest BCUT2D eigenvalue weighted by Gasteiger charge is -2.17. The average molecular weight is 189 g/mol. The summed E-state index contributed by atoms with van der Waals surface area (Å²) in [5.74, 6) is 0. The van der Waals surface area contributed by atoms with Gasteiger partial charge in [-0.2, -0.15) is 0 Å². The molecule has 0 aromatic carbocycles. The summed E-state index contributed by atoms with van der Waals surface area (Å²) in [5, 5.41) is 0. The maximum atomic E-state index is 13.3. The second-order valence-electron chi connectivity index (χ2n) is 3.74. The first-order valence-corrected chi connectivity index (χ1v) is 5.18. The molecule has 1 aliphatic heterocycles. The van der Waals surface area contributed by atoms with Gasteiger partial charge in [0.15, 0.2) is 0 Å². The summed E-state index contributed by atoms with van der Waals surface area (Å²) in [6.07, 6.45) is 3.30. The van der Waals surface area contributed by atoms with Crippen molar-refractivity contribution < 1.29 is 9.13 Å². The van der Waals surface area contributed by atoms with Gasteiger partial charge in [-0.1, -0.05) is 0 Å². The van der Waals surface area contributed by atoms with E-state index in [0.29, 0.717) is 19.6 Å². The first-order valence-electron chi connectivity index (χ1n) is 5.18. The Bertz CT molecular complexity index is 126. The number of nitrogens with zero attached hydrogens (tertiary/aromatic N) is 1. The molecule has 0 unspecified atom stereocenters. The van der Waals surface area contributed by atoms with Crippen LogP contribution in [0, 0.1) is 0 Å². The minimum atomic E-state index is -0.659. The van der Waals surface area contributed by atoms with Crippen LogP contribution < -0.4 is 0 Å². The van der Waals surface area contributed by atoms with E-state index in [4.69, 9.17) is 4.74 Å². The zero-order valence-electron chi connectivity index (χ0n) is 8.47. The SMILES string of the molecule is COCCC[C@@H](F)CN1CCCC1. The fourth-order valence-corrected chi connectivity index (χ4v) is 1.79. The Morgan fingerprint density at radius 1 is 1.38 bits per heavy atom. The normalized spacial score (nSPS) is 20.8. The van der Waals surface area contributed by atoms with E-state index < -0.39 is 6.17 Å². The molecule has 78 valence electrons. The summed E-state index contributed by atoms with van der Waals surface area (Å²) < 4.78 is 18.2. The van der Waals surface area contributed by atoms with E-state index >= 15 is 0 Å². The number of rotatable bonds is 6. The number of methoxy groups -OCH3 is 1. The molecule has 3 heteroatoms. The molecule has 1 saturated heterocycles. The zero-order chi connectivity index (χ0) is 9.52. The third-order valence-corrected chi connectivity index (χ3v) is 2.52. The quantitative estimate of drug-likeness (QED) is 0.591. The van der Waals surface area contributed by atoms with Gasteiger partial charge in [-0.25, -0.2) is 4.39 Å². The second-order valence-corrected chi connectivity index (χ2v) is 3.74. The van der Waals surface area contributed by atoms with Crippen molar-refractivity contribution in [2.24, 2.45) is 0 Å². The first-order chi connectivity index (χ1) is 6.33. The molecule has 0 N–H and O–H groups in total. The lowest BCUT2D eigenvalue weighted by Crippen LogP contribution is -2.27. The Morgan fingerprint density at radius 2 is 2.08 bits per heavy atom. The van der Waals surface area contributed by atoms with E-state index in [0.717, 1.165) is 19.5 Å². The van der Waals surface area contributed by atoms with Crippen molar-refractivity contribution in [2.45, 2.75) is 31.9 Å². The molecule has 0 aliphatic carbocycles. The molecule has 0 bridgehead atoms. The fraction of sp³-hybridized carbons (Fsp3) is 1.00. The minimum Gasteiger partial charge on any atom is -0.385 e. The van der Waals surface area contributed by atoms with Crippen molar-refractivity contribution in [3.63, 3.8) is 0 Å². The van der Waals surface area contributed by atoms with Crippen LogP contribution in [-0.2, 0) is 4.74 Å². The molecule has 0 saturated carbocycles. The number of hydrogen-bond donors (Lipinski definition) is 0. The van der Waals surface area contributed by atoms with Crippen LogP contribution in [-0.4, -0.2) is 44.4 Å². The highest BCUT2D eigenvalue weighted by atomic mass is 19.1. The lowest BCUT2D eigenvalue weighted by molar-refractivity contribution is 0.163. The van der Waals surface area contributed by atoms with Gasteiger partial charge in [-0.15, -0.1) is 0 Å². The van der Waals surface area contributed by atoms with Gasteiger partial charge in [0.1, 0.15) is 6.17 Å². The topological polar surface area (TPSA) is 12.5 Å². The average Bonchev–Trinajstić information content (AvgIpc) is 2.57. The summed E-state index contributed by atoms with van der Waals surface area (Å²) in [7, 11) is 1.66. The van der Waals surface area contributed by atoms with Crippen LogP contribution in [0.1, 0.15) is 25.7 Å². The van der Waals surface area contributed by atoms with Crippen LogP contribution in [0.3, 0.4) is 0 Å². The van der Waals surface area contributed by atoms with Crippen LogP contribution in [0.25, 0.3) is 0 Å². The van der Waals surface area contributed by atoms with Crippen molar-refractivity contribution in [1.29, 1.82) is 0 Å². The van der Waals surface area contributed by atoms with Crippen LogP contribution >= 0.6 is 0 Å². The fourth-order valence-electron chi connectivity index (χ4n) is 1.79. The summed E-state index contributed by atoms with van der Waals surface area (Å²) in [4.78, 5) is 2.22. The molecule has 1 heterocycles. The molecule has 0 amide bonds. The van der Waals surface area contributed by atoms with Gasteiger partial charge < -0.3 is 9.64 Å². The number of ether oxygens (including phenoxy) is 1. The van der Waals surface area contributed by atoms with Crippen molar-refractivity contribution in [2.75, 3.05) is 33.4 Å². The molecule has 1 rings (SSSR count). The predicted octanol–water partition coefficient (Wildman–Crippen LogP) is 1.85. The van der Waals surface area contributed by atoms with Crippen LogP contribution in [0.15, 0.2) is 0 Å². The zero-order valence-corrected chi connectivity index (χ0v) is 8.47. The highest BCUT2D eigenvalue weighted by molar-refractivity contribution is 4.70. The van der Waals surface area contributed by atoms with Crippen molar-refractivity contribution in [3.8, 4) is 0 Å². The predicted molar refractivity (Wildman–Crippen MR) is 51.7 cm³/mol. The largest absolute Gasteiger partial charge is 0.385 e. The molecule has 0 spiro atoms. The monoisotopic (exact) mass is 189 g/mol. The number of likely N-dealkylation sites (tertiary alicyclic amines) is 1. The standard InChI is InChI=1S/C10H20FNO/c1-13-8-4-5-10(11)9-12-6-2-3-7-12/h10H,2-9H2,1H3/t10-/m1/s1. The van der Waals surface area contributed by atoms with Crippen LogP contribution in [0.2, 0.25) is 0 Å². The first kappa shape index (κ1) is 10.9. The summed E-state index contributed by atoms with van der Waals surface area (Å²) in [5.41, 5.74) is 0. The van der Waals surface area contributed by atoms with Gasteiger partial charge >= 0.3 is 0 Å². The summed E-state index contributed by atoms with van der Waals surface area (Å²) in [6.45, 7) is 3.49. The third kappa shape index (κ3) is 4.58. The van der Waals surface area contributed by atoms with Crippen molar-refractivity contribution in [1.82, 2.24) is 4.90 Å². The Balaban J connectivity index is 1.99. The molecular weight excluding hydrogens is 169 g/mol. The van der Waals surface area contributed by atoms with Gasteiger partial charge in [0.2, 0.25) is 0 Å². The van der Waals surface area contributed by atoms with E-state index in [-0.39, 0.29) is 0 Å². The van der Waals surface area contributed by atoms with E-state index in [1.54, 1.807) is 7.11 Å². The van der Waals surface area contributed by atoms with Crippen LogP contribution in [0.4, 0.5) is 4.39 Å². The Hall–Kier alpha value is -0.150. The number of hydrogen-bond acceptors (Lipinski definition) is 2. The molecule has 1 fully saturated rings. The Kier molecular flexibility index (Phi) is 5.32. The number of alkyl halides is 1. The lowest BCUT2D eigenvalue weighted by atomic mass is 10.2.